The molecule has 1 unspecified atom stereocenters. The fourth-order valence-corrected chi connectivity index (χ4v) is 3.87. The number of hydrogen-bond donors (Lipinski definition) is 1. The van der Waals surface area contributed by atoms with Gasteiger partial charge in [0, 0.05) is 6.42 Å². The van der Waals surface area contributed by atoms with Crippen molar-refractivity contribution in [3.05, 3.63) is 60.8 Å². The van der Waals surface area contributed by atoms with E-state index >= 15 is 0 Å². The average molecular weight is 515 g/mol. The van der Waals surface area contributed by atoms with Crippen molar-refractivity contribution in [2.24, 2.45) is 0 Å². The van der Waals surface area contributed by atoms with Crippen LogP contribution in [-0.4, -0.2) is 23.1 Å². The largest absolute Gasteiger partial charge is 0.481 e. The van der Waals surface area contributed by atoms with Gasteiger partial charge in [0.05, 0.1) is 6.42 Å². The van der Waals surface area contributed by atoms with E-state index in [1.165, 1.54) is 25.7 Å². The minimum Gasteiger partial charge on any atom is -0.481 e. The number of carbonyl (C=O) groups excluding carboxylic acids is 1. The van der Waals surface area contributed by atoms with Crippen molar-refractivity contribution in [3.8, 4) is 0 Å². The molecule has 0 heterocycles. The third-order valence-corrected chi connectivity index (χ3v) is 5.99. The summed E-state index contributed by atoms with van der Waals surface area (Å²) in [6.45, 7) is 4.34. The predicted octanol–water partition coefficient (Wildman–Crippen LogP) is 9.83. The van der Waals surface area contributed by atoms with Gasteiger partial charge in [-0.15, -0.1) is 0 Å². The zero-order valence-electron chi connectivity index (χ0n) is 23.8. The van der Waals surface area contributed by atoms with Crippen molar-refractivity contribution in [1.29, 1.82) is 0 Å². The van der Waals surface area contributed by atoms with Crippen LogP contribution < -0.4 is 0 Å². The molecule has 0 radical (unpaired) electrons. The van der Waals surface area contributed by atoms with E-state index in [-0.39, 0.29) is 12.4 Å². The zero-order valence-corrected chi connectivity index (χ0v) is 23.8. The van der Waals surface area contributed by atoms with Gasteiger partial charge in [0.15, 0.2) is 0 Å². The first-order chi connectivity index (χ1) is 18.1. The minimum atomic E-state index is -0.902. The van der Waals surface area contributed by atoms with E-state index in [0.29, 0.717) is 12.8 Å². The van der Waals surface area contributed by atoms with Crippen molar-refractivity contribution in [3.63, 3.8) is 0 Å². The maximum Gasteiger partial charge on any atom is 0.307 e. The molecule has 0 aliphatic heterocycles. The Balaban J connectivity index is 3.79. The Morgan fingerprint density at radius 3 is 1.73 bits per heavy atom. The van der Waals surface area contributed by atoms with Crippen LogP contribution in [0.3, 0.4) is 0 Å². The SMILES string of the molecule is CC/C=C\C/C=C\C/C=C\C/C=C\C/C=C\CCCCCC(=O)OC(CCCCCCCC)CC(=O)O. The molecule has 0 saturated heterocycles. The summed E-state index contributed by atoms with van der Waals surface area (Å²) in [5, 5.41) is 9.11. The molecular weight excluding hydrogens is 460 g/mol. The number of carboxylic acid groups (broad SMARTS) is 1. The highest BCUT2D eigenvalue weighted by molar-refractivity contribution is 5.71. The molecule has 4 heteroatoms. The van der Waals surface area contributed by atoms with Crippen molar-refractivity contribution >= 4 is 11.9 Å². The Morgan fingerprint density at radius 2 is 1.16 bits per heavy atom. The lowest BCUT2D eigenvalue weighted by atomic mass is 10.1. The second-order valence-electron chi connectivity index (χ2n) is 9.57. The van der Waals surface area contributed by atoms with Crippen LogP contribution in [0.5, 0.6) is 0 Å². The number of hydrogen-bond acceptors (Lipinski definition) is 3. The molecule has 0 bridgehead atoms. The number of allylic oxidation sites excluding steroid dienone is 10. The van der Waals surface area contributed by atoms with Crippen LogP contribution in [0.2, 0.25) is 0 Å². The molecule has 0 amide bonds. The van der Waals surface area contributed by atoms with E-state index in [2.05, 4.69) is 74.6 Å². The Morgan fingerprint density at radius 1 is 0.649 bits per heavy atom. The molecule has 0 aliphatic rings. The van der Waals surface area contributed by atoms with Crippen molar-refractivity contribution < 1.29 is 19.4 Å². The highest BCUT2D eigenvalue weighted by Crippen LogP contribution is 2.15. The molecule has 0 saturated carbocycles. The monoisotopic (exact) mass is 514 g/mol. The third kappa shape index (κ3) is 28.1. The summed E-state index contributed by atoms with van der Waals surface area (Å²) in [5.74, 6) is -1.16. The van der Waals surface area contributed by atoms with Crippen molar-refractivity contribution in [2.45, 2.75) is 136 Å². The van der Waals surface area contributed by atoms with Gasteiger partial charge in [-0.2, -0.15) is 0 Å². The van der Waals surface area contributed by atoms with E-state index in [1.807, 2.05) is 0 Å². The quantitative estimate of drug-likeness (QED) is 0.0748. The smallest absolute Gasteiger partial charge is 0.307 e. The molecule has 0 aromatic rings. The first-order valence-electron chi connectivity index (χ1n) is 14.8. The topological polar surface area (TPSA) is 63.6 Å². The highest BCUT2D eigenvalue weighted by Gasteiger charge is 2.17. The van der Waals surface area contributed by atoms with Crippen LogP contribution in [0, 0.1) is 0 Å². The molecule has 1 N–H and O–H groups in total. The normalized spacial score (nSPS) is 13.1. The Hall–Kier alpha value is -2.36. The van der Waals surface area contributed by atoms with Gasteiger partial charge in [0.25, 0.3) is 0 Å². The van der Waals surface area contributed by atoms with Gasteiger partial charge in [-0.05, 0) is 64.2 Å². The highest BCUT2D eigenvalue weighted by atomic mass is 16.5. The Labute approximate surface area is 227 Å². The molecule has 0 aromatic carbocycles. The van der Waals surface area contributed by atoms with E-state index in [4.69, 9.17) is 9.84 Å². The lowest BCUT2D eigenvalue weighted by molar-refractivity contribution is -0.153. The van der Waals surface area contributed by atoms with Gasteiger partial charge >= 0.3 is 11.9 Å². The summed E-state index contributed by atoms with van der Waals surface area (Å²) >= 11 is 0. The average Bonchev–Trinajstić information content (AvgIpc) is 2.87. The number of carboxylic acids is 1. The van der Waals surface area contributed by atoms with Crippen LogP contribution in [0.15, 0.2) is 60.8 Å². The van der Waals surface area contributed by atoms with E-state index < -0.39 is 12.1 Å². The molecule has 0 aliphatic carbocycles. The van der Waals surface area contributed by atoms with Crippen LogP contribution in [0.25, 0.3) is 0 Å². The zero-order chi connectivity index (χ0) is 27.2. The molecule has 210 valence electrons. The number of unbranched alkanes of at least 4 members (excludes halogenated alkanes) is 8. The lowest BCUT2D eigenvalue weighted by Crippen LogP contribution is -2.21. The van der Waals surface area contributed by atoms with Crippen molar-refractivity contribution in [1.82, 2.24) is 0 Å². The molecule has 4 nitrogen and oxygen atoms in total. The molecular formula is C33H54O4. The number of aliphatic carboxylic acids is 1. The summed E-state index contributed by atoms with van der Waals surface area (Å²) in [6, 6.07) is 0. The van der Waals surface area contributed by atoms with Crippen LogP contribution in [-0.2, 0) is 14.3 Å². The Kier molecular flexibility index (Phi) is 26.4. The van der Waals surface area contributed by atoms with Crippen LogP contribution in [0.1, 0.15) is 129 Å². The fourth-order valence-electron chi connectivity index (χ4n) is 3.87. The molecule has 0 fully saturated rings. The first-order valence-corrected chi connectivity index (χ1v) is 14.8. The summed E-state index contributed by atoms with van der Waals surface area (Å²) in [7, 11) is 0. The maximum atomic E-state index is 12.1. The lowest BCUT2D eigenvalue weighted by Gasteiger charge is -2.16. The molecule has 37 heavy (non-hydrogen) atoms. The van der Waals surface area contributed by atoms with Crippen molar-refractivity contribution in [2.75, 3.05) is 0 Å². The summed E-state index contributed by atoms with van der Waals surface area (Å²) in [4.78, 5) is 23.2. The predicted molar refractivity (Wildman–Crippen MR) is 158 cm³/mol. The third-order valence-electron chi connectivity index (χ3n) is 5.99. The summed E-state index contributed by atoms with van der Waals surface area (Å²) < 4.78 is 5.47. The van der Waals surface area contributed by atoms with Gasteiger partial charge in [-0.25, -0.2) is 0 Å². The summed E-state index contributed by atoms with van der Waals surface area (Å²) in [6.07, 6.45) is 38.2. The molecule has 0 spiro atoms. The molecule has 0 aromatic heterocycles. The summed E-state index contributed by atoms with van der Waals surface area (Å²) in [5.41, 5.74) is 0. The van der Waals surface area contributed by atoms with Gasteiger partial charge < -0.3 is 9.84 Å². The second kappa shape index (κ2) is 28.2. The van der Waals surface area contributed by atoms with E-state index in [9.17, 15) is 9.59 Å². The number of rotatable bonds is 25. The fraction of sp³-hybridized carbons (Fsp3) is 0.636. The number of esters is 1. The van der Waals surface area contributed by atoms with Gasteiger partial charge in [-0.1, -0.05) is 113 Å². The van der Waals surface area contributed by atoms with E-state index in [0.717, 1.165) is 70.6 Å². The van der Waals surface area contributed by atoms with Gasteiger partial charge in [-0.3, -0.25) is 9.59 Å². The molecule has 0 rings (SSSR count). The minimum absolute atomic E-state index is 0.0925. The molecule has 1 atom stereocenters. The van der Waals surface area contributed by atoms with Crippen LogP contribution >= 0.6 is 0 Å². The maximum absolute atomic E-state index is 12.1. The number of carbonyl (C=O) groups is 2. The number of ether oxygens (including phenoxy) is 1. The van der Waals surface area contributed by atoms with Gasteiger partial charge in [0.2, 0.25) is 0 Å². The standard InChI is InChI=1S/C33H54O4/c1-3-5-7-9-11-12-13-14-15-16-17-18-19-20-21-22-23-25-27-29-33(36)37-31(30-32(34)35)28-26-24-10-8-6-4-2/h5,7,11-12,14-15,17-18,20-21,31H,3-4,6,8-10,13,16,19,22-30H2,1-2H3,(H,34,35)/b7-5-,12-11-,15-14-,18-17-,21-20-. The van der Waals surface area contributed by atoms with Crippen LogP contribution in [0.4, 0.5) is 0 Å². The first kappa shape index (κ1) is 34.6. The Bertz CT molecular complexity index is 684. The van der Waals surface area contributed by atoms with Gasteiger partial charge in [0.1, 0.15) is 6.10 Å². The second-order valence-corrected chi connectivity index (χ2v) is 9.57. The van der Waals surface area contributed by atoms with E-state index in [1.54, 1.807) is 0 Å².